The van der Waals surface area contributed by atoms with Gasteiger partial charge in [-0.1, -0.05) is 46.3 Å². The van der Waals surface area contributed by atoms with Crippen LogP contribution in [0.4, 0.5) is 0 Å². The summed E-state index contributed by atoms with van der Waals surface area (Å²) in [6.07, 6.45) is 2.24. The molecule has 130 valence electrons. The summed E-state index contributed by atoms with van der Waals surface area (Å²) in [6, 6.07) is 0. The second-order valence-electron chi connectivity index (χ2n) is 8.94. The van der Waals surface area contributed by atoms with Gasteiger partial charge in [-0.25, -0.2) is 0 Å². The molecule has 2 rings (SSSR count). The number of allylic oxidation sites excluding steroid dienone is 2. The van der Waals surface area contributed by atoms with Gasteiger partial charge in [-0.05, 0) is 25.2 Å². The van der Waals surface area contributed by atoms with Gasteiger partial charge in [0.2, 0.25) is 11.8 Å². The van der Waals surface area contributed by atoms with E-state index in [9.17, 15) is 9.59 Å². The molecule has 1 heterocycles. The maximum atomic E-state index is 12.8. The fraction of sp³-hybridized carbons (Fsp3) is 0.789. The van der Waals surface area contributed by atoms with E-state index in [4.69, 9.17) is 0 Å². The lowest BCUT2D eigenvalue weighted by atomic mass is 9.94. The number of piperazine rings is 1. The Balaban J connectivity index is 1.95. The average molecular weight is 320 g/mol. The molecule has 0 radical (unpaired) electrons. The van der Waals surface area contributed by atoms with Crippen LogP contribution < -0.4 is 0 Å². The summed E-state index contributed by atoms with van der Waals surface area (Å²) in [5.41, 5.74) is 0.991. The van der Waals surface area contributed by atoms with E-state index in [2.05, 4.69) is 33.8 Å². The second-order valence-corrected chi connectivity index (χ2v) is 8.94. The Labute approximate surface area is 140 Å². The average Bonchev–Trinajstić information content (AvgIpc) is 2.96. The molecule has 2 fully saturated rings. The number of nitrogens with zero attached hydrogens (tertiary/aromatic N) is 2. The van der Waals surface area contributed by atoms with E-state index in [1.165, 1.54) is 5.57 Å². The molecule has 0 aromatic carbocycles. The predicted molar refractivity (Wildman–Crippen MR) is 92.8 cm³/mol. The first-order valence-corrected chi connectivity index (χ1v) is 8.69. The number of carbonyl (C=O) groups excluding carboxylic acids is 2. The zero-order valence-electron chi connectivity index (χ0n) is 15.8. The third-order valence-corrected chi connectivity index (χ3v) is 5.21. The monoisotopic (exact) mass is 320 g/mol. The molecule has 0 aromatic rings. The zero-order valence-corrected chi connectivity index (χ0v) is 15.8. The second kappa shape index (κ2) is 5.95. The Kier molecular flexibility index (Phi) is 4.67. The minimum absolute atomic E-state index is 0.0622. The van der Waals surface area contributed by atoms with Gasteiger partial charge in [0.25, 0.3) is 0 Å². The number of carbonyl (C=O) groups is 2. The van der Waals surface area contributed by atoms with Crippen molar-refractivity contribution in [2.45, 2.75) is 48.5 Å². The van der Waals surface area contributed by atoms with Crippen molar-refractivity contribution in [2.24, 2.45) is 22.7 Å². The summed E-state index contributed by atoms with van der Waals surface area (Å²) in [5, 5.41) is 0. The molecule has 23 heavy (non-hydrogen) atoms. The van der Waals surface area contributed by atoms with Crippen molar-refractivity contribution in [3.8, 4) is 0 Å². The highest BCUT2D eigenvalue weighted by Crippen LogP contribution is 2.60. The zero-order chi connectivity index (χ0) is 17.6. The first-order chi connectivity index (χ1) is 10.5. The van der Waals surface area contributed by atoms with Crippen LogP contribution in [0.5, 0.6) is 0 Å². The molecule has 2 aliphatic rings. The molecular formula is C19H32N2O2. The van der Waals surface area contributed by atoms with Crippen LogP contribution in [0.2, 0.25) is 0 Å². The molecular weight excluding hydrogens is 288 g/mol. The molecule has 2 atom stereocenters. The summed E-state index contributed by atoms with van der Waals surface area (Å²) in [4.78, 5) is 29.0. The fourth-order valence-corrected chi connectivity index (χ4v) is 3.62. The molecule has 0 bridgehead atoms. The third-order valence-electron chi connectivity index (χ3n) is 5.21. The Morgan fingerprint density at radius 3 is 1.91 bits per heavy atom. The summed E-state index contributed by atoms with van der Waals surface area (Å²) in [6.45, 7) is 17.0. The lowest BCUT2D eigenvalue weighted by molar-refractivity contribution is -0.145. The van der Waals surface area contributed by atoms with Gasteiger partial charge < -0.3 is 9.80 Å². The topological polar surface area (TPSA) is 40.6 Å². The number of hydrogen-bond donors (Lipinski definition) is 0. The standard InChI is InChI=1S/C19H32N2O2/c1-13(2)12-14-15(19(14,6)7)16(22)20-8-10-21(11-9-20)17(23)18(3,4)5/h12,14-15H,8-11H2,1-7H3. The number of rotatable bonds is 2. The molecule has 2 unspecified atom stereocenters. The Bertz CT molecular complexity index is 516. The normalized spacial score (nSPS) is 26.7. The maximum Gasteiger partial charge on any atom is 0.228 e. The minimum atomic E-state index is -0.348. The molecule has 0 spiro atoms. The van der Waals surface area contributed by atoms with Crippen molar-refractivity contribution in [3.63, 3.8) is 0 Å². The fourth-order valence-electron chi connectivity index (χ4n) is 3.62. The van der Waals surface area contributed by atoms with Gasteiger partial charge in [-0.2, -0.15) is 0 Å². The van der Waals surface area contributed by atoms with Crippen LogP contribution in [-0.2, 0) is 9.59 Å². The van der Waals surface area contributed by atoms with E-state index in [0.717, 1.165) is 0 Å². The summed E-state index contributed by atoms with van der Waals surface area (Å²) >= 11 is 0. The molecule has 1 aliphatic carbocycles. The van der Waals surface area contributed by atoms with Gasteiger partial charge in [0.1, 0.15) is 0 Å². The van der Waals surface area contributed by atoms with Gasteiger partial charge in [0.15, 0.2) is 0 Å². The molecule has 1 saturated carbocycles. The number of amides is 2. The highest BCUT2D eigenvalue weighted by atomic mass is 16.2. The third kappa shape index (κ3) is 3.61. The minimum Gasteiger partial charge on any atom is -0.339 e. The first-order valence-electron chi connectivity index (χ1n) is 8.69. The van der Waals surface area contributed by atoms with E-state index < -0.39 is 0 Å². The van der Waals surface area contributed by atoms with E-state index in [1.807, 2.05) is 30.6 Å². The Hall–Kier alpha value is -1.32. The lowest BCUT2D eigenvalue weighted by Crippen LogP contribution is -2.53. The molecule has 2 amide bonds. The van der Waals surface area contributed by atoms with Gasteiger partial charge in [0, 0.05) is 31.6 Å². The van der Waals surface area contributed by atoms with E-state index in [0.29, 0.717) is 32.1 Å². The molecule has 1 saturated heterocycles. The van der Waals surface area contributed by atoms with Gasteiger partial charge >= 0.3 is 0 Å². The Morgan fingerprint density at radius 2 is 1.48 bits per heavy atom. The van der Waals surface area contributed by atoms with Crippen molar-refractivity contribution >= 4 is 11.8 Å². The van der Waals surface area contributed by atoms with Crippen molar-refractivity contribution < 1.29 is 9.59 Å². The molecule has 1 aliphatic heterocycles. The molecule has 0 aromatic heterocycles. The smallest absolute Gasteiger partial charge is 0.228 e. The van der Waals surface area contributed by atoms with Crippen LogP contribution in [0, 0.1) is 22.7 Å². The number of hydrogen-bond acceptors (Lipinski definition) is 2. The van der Waals surface area contributed by atoms with Crippen LogP contribution in [0.1, 0.15) is 48.5 Å². The van der Waals surface area contributed by atoms with Crippen molar-refractivity contribution in [1.29, 1.82) is 0 Å². The summed E-state index contributed by atoms with van der Waals surface area (Å²) in [7, 11) is 0. The van der Waals surface area contributed by atoms with Gasteiger partial charge in [-0.15, -0.1) is 0 Å². The van der Waals surface area contributed by atoms with Crippen LogP contribution in [0.15, 0.2) is 11.6 Å². The predicted octanol–water partition coefficient (Wildman–Crippen LogP) is 2.94. The quantitative estimate of drug-likeness (QED) is 0.734. The van der Waals surface area contributed by atoms with Crippen molar-refractivity contribution in [1.82, 2.24) is 9.80 Å². The van der Waals surface area contributed by atoms with Crippen molar-refractivity contribution in [3.05, 3.63) is 11.6 Å². The molecule has 4 heteroatoms. The highest BCUT2D eigenvalue weighted by Gasteiger charge is 2.61. The molecule has 4 nitrogen and oxygen atoms in total. The Morgan fingerprint density at radius 1 is 1.00 bits per heavy atom. The van der Waals surface area contributed by atoms with Gasteiger partial charge in [-0.3, -0.25) is 9.59 Å². The van der Waals surface area contributed by atoms with Crippen LogP contribution in [-0.4, -0.2) is 47.8 Å². The largest absolute Gasteiger partial charge is 0.339 e. The van der Waals surface area contributed by atoms with Crippen molar-refractivity contribution in [2.75, 3.05) is 26.2 Å². The van der Waals surface area contributed by atoms with E-state index in [-0.39, 0.29) is 28.6 Å². The van der Waals surface area contributed by atoms with Crippen LogP contribution in [0.25, 0.3) is 0 Å². The van der Waals surface area contributed by atoms with Crippen LogP contribution in [0.3, 0.4) is 0 Å². The highest BCUT2D eigenvalue weighted by molar-refractivity contribution is 5.85. The summed E-state index contributed by atoms with van der Waals surface area (Å²) in [5.74, 6) is 0.899. The van der Waals surface area contributed by atoms with E-state index >= 15 is 0 Å². The lowest BCUT2D eigenvalue weighted by Gasteiger charge is -2.38. The van der Waals surface area contributed by atoms with Gasteiger partial charge in [0.05, 0.1) is 5.92 Å². The SMILES string of the molecule is CC(C)=CC1C(C(=O)N2CCN(C(=O)C(C)(C)C)CC2)C1(C)C. The maximum absolute atomic E-state index is 12.8. The first kappa shape index (κ1) is 18.0. The molecule has 0 N–H and O–H groups in total. The van der Waals surface area contributed by atoms with Crippen LogP contribution >= 0.6 is 0 Å². The van der Waals surface area contributed by atoms with E-state index in [1.54, 1.807) is 0 Å². The summed E-state index contributed by atoms with van der Waals surface area (Å²) < 4.78 is 0.